The van der Waals surface area contributed by atoms with Gasteiger partial charge in [0, 0.05) is 24.3 Å². The molecule has 1 atom stereocenters. The van der Waals surface area contributed by atoms with Crippen molar-refractivity contribution in [3.05, 3.63) is 42.1 Å². The monoisotopic (exact) mass is 273 g/mol. The van der Waals surface area contributed by atoms with E-state index in [4.69, 9.17) is 0 Å². The van der Waals surface area contributed by atoms with Gasteiger partial charge in [0.25, 0.3) is 0 Å². The first kappa shape index (κ1) is 14.8. The normalized spacial score (nSPS) is 14.4. The van der Waals surface area contributed by atoms with Gasteiger partial charge < -0.3 is 10.4 Å². The summed E-state index contributed by atoms with van der Waals surface area (Å²) >= 11 is 0. The molecule has 3 N–H and O–H groups in total. The maximum atomic E-state index is 10.2. The number of aromatic amines is 1. The molecule has 0 aliphatic carbocycles. The summed E-state index contributed by atoms with van der Waals surface area (Å²) in [5.74, 6) is 0.219. The Labute approximate surface area is 120 Å². The van der Waals surface area contributed by atoms with E-state index in [1.165, 1.54) is 0 Å². The van der Waals surface area contributed by atoms with Gasteiger partial charge >= 0.3 is 0 Å². The second-order valence-electron chi connectivity index (χ2n) is 5.76. The smallest absolute Gasteiger partial charge is 0.0924 e. The molecule has 20 heavy (non-hydrogen) atoms. The van der Waals surface area contributed by atoms with Crippen LogP contribution in [0.5, 0.6) is 0 Å². The number of nitrogens with one attached hydrogen (secondary N) is 2. The van der Waals surface area contributed by atoms with E-state index in [0.717, 1.165) is 17.0 Å². The van der Waals surface area contributed by atoms with Crippen LogP contribution < -0.4 is 5.32 Å². The summed E-state index contributed by atoms with van der Waals surface area (Å²) in [6.07, 6.45) is 0. The van der Waals surface area contributed by atoms with Crippen molar-refractivity contribution in [2.24, 2.45) is 5.92 Å². The van der Waals surface area contributed by atoms with Crippen molar-refractivity contribution in [2.45, 2.75) is 32.9 Å². The average Bonchev–Trinajstić information content (AvgIpc) is 2.88. The summed E-state index contributed by atoms with van der Waals surface area (Å²) in [6.45, 7) is 7.12. The molecule has 1 aromatic heterocycles. The first-order valence-corrected chi connectivity index (χ1v) is 7.02. The van der Waals surface area contributed by atoms with Crippen LogP contribution in [0.4, 0.5) is 0 Å². The minimum Gasteiger partial charge on any atom is -0.389 e. The molecule has 1 unspecified atom stereocenters. The number of benzene rings is 1. The van der Waals surface area contributed by atoms with Crippen LogP contribution in [0.25, 0.3) is 11.3 Å². The van der Waals surface area contributed by atoms with E-state index >= 15 is 0 Å². The molecule has 2 rings (SSSR count). The molecule has 0 fully saturated rings. The van der Waals surface area contributed by atoms with E-state index in [2.05, 4.69) is 15.5 Å². The van der Waals surface area contributed by atoms with Crippen LogP contribution in [0.1, 0.15) is 26.5 Å². The van der Waals surface area contributed by atoms with E-state index in [0.29, 0.717) is 13.1 Å². The summed E-state index contributed by atoms with van der Waals surface area (Å²) < 4.78 is 0. The zero-order chi connectivity index (χ0) is 14.6. The molecule has 4 nitrogen and oxygen atoms in total. The third-order valence-corrected chi connectivity index (χ3v) is 3.74. The SMILES string of the molecule is CC(C)C(C)(O)CNCc1cc(-c2ccccc2)n[nH]1. The van der Waals surface area contributed by atoms with E-state index < -0.39 is 5.60 Å². The van der Waals surface area contributed by atoms with Crippen molar-refractivity contribution in [1.29, 1.82) is 0 Å². The lowest BCUT2D eigenvalue weighted by Gasteiger charge is -2.27. The molecule has 0 aliphatic heterocycles. The van der Waals surface area contributed by atoms with Crippen molar-refractivity contribution in [3.8, 4) is 11.3 Å². The lowest BCUT2D eigenvalue weighted by Crippen LogP contribution is -2.42. The summed E-state index contributed by atoms with van der Waals surface area (Å²) in [4.78, 5) is 0. The topological polar surface area (TPSA) is 60.9 Å². The predicted octanol–water partition coefficient (Wildman–Crippen LogP) is 2.57. The molecule has 2 aromatic rings. The number of H-pyrrole nitrogens is 1. The number of rotatable bonds is 6. The zero-order valence-corrected chi connectivity index (χ0v) is 12.4. The zero-order valence-electron chi connectivity index (χ0n) is 12.4. The first-order valence-electron chi connectivity index (χ1n) is 7.02. The largest absolute Gasteiger partial charge is 0.389 e. The Balaban J connectivity index is 1.91. The highest BCUT2D eigenvalue weighted by atomic mass is 16.3. The predicted molar refractivity (Wildman–Crippen MR) is 81.2 cm³/mol. The van der Waals surface area contributed by atoms with Crippen LogP contribution in [0.2, 0.25) is 0 Å². The Kier molecular flexibility index (Phi) is 4.57. The van der Waals surface area contributed by atoms with Crippen LogP contribution in [-0.2, 0) is 6.54 Å². The molecule has 0 bridgehead atoms. The van der Waals surface area contributed by atoms with Crippen LogP contribution in [-0.4, -0.2) is 27.4 Å². The average molecular weight is 273 g/mol. The minimum atomic E-state index is -0.692. The summed E-state index contributed by atoms with van der Waals surface area (Å²) in [5, 5.41) is 20.8. The van der Waals surface area contributed by atoms with Crippen molar-refractivity contribution in [1.82, 2.24) is 15.5 Å². The molecule has 1 aromatic carbocycles. The minimum absolute atomic E-state index is 0.219. The number of hydrogen-bond acceptors (Lipinski definition) is 3. The number of aromatic nitrogens is 2. The molecule has 0 saturated carbocycles. The fourth-order valence-electron chi connectivity index (χ4n) is 1.86. The van der Waals surface area contributed by atoms with Crippen molar-refractivity contribution >= 4 is 0 Å². The van der Waals surface area contributed by atoms with Gasteiger partial charge in [0.15, 0.2) is 0 Å². The lowest BCUT2D eigenvalue weighted by atomic mass is 9.92. The van der Waals surface area contributed by atoms with Crippen LogP contribution in [0.15, 0.2) is 36.4 Å². The quantitative estimate of drug-likeness (QED) is 0.758. The number of hydrogen-bond donors (Lipinski definition) is 3. The second-order valence-corrected chi connectivity index (χ2v) is 5.76. The fourth-order valence-corrected chi connectivity index (χ4v) is 1.86. The number of aliphatic hydroxyl groups is 1. The maximum absolute atomic E-state index is 10.2. The Hall–Kier alpha value is -1.65. The van der Waals surface area contributed by atoms with Crippen LogP contribution in [0, 0.1) is 5.92 Å². The number of nitrogens with zero attached hydrogens (tertiary/aromatic N) is 1. The van der Waals surface area contributed by atoms with Crippen LogP contribution in [0.3, 0.4) is 0 Å². The Morgan fingerprint density at radius 3 is 2.65 bits per heavy atom. The molecule has 0 saturated heterocycles. The van der Waals surface area contributed by atoms with E-state index in [9.17, 15) is 5.11 Å². The Morgan fingerprint density at radius 1 is 1.30 bits per heavy atom. The highest BCUT2D eigenvalue weighted by Gasteiger charge is 2.24. The lowest BCUT2D eigenvalue weighted by molar-refractivity contribution is 0.0139. The van der Waals surface area contributed by atoms with E-state index in [1.807, 2.05) is 57.2 Å². The molecular weight excluding hydrogens is 250 g/mol. The highest BCUT2D eigenvalue weighted by Crippen LogP contribution is 2.17. The molecule has 0 spiro atoms. The third-order valence-electron chi connectivity index (χ3n) is 3.74. The standard InChI is InChI=1S/C16H23N3O/c1-12(2)16(3,20)11-17-10-14-9-15(19-18-14)13-7-5-4-6-8-13/h4-9,12,17,20H,10-11H2,1-3H3,(H,18,19). The molecular formula is C16H23N3O. The molecule has 108 valence electrons. The van der Waals surface area contributed by atoms with Gasteiger partial charge in [-0.1, -0.05) is 44.2 Å². The van der Waals surface area contributed by atoms with Crippen molar-refractivity contribution in [3.63, 3.8) is 0 Å². The van der Waals surface area contributed by atoms with E-state index in [1.54, 1.807) is 0 Å². The van der Waals surface area contributed by atoms with Gasteiger partial charge in [-0.3, -0.25) is 5.10 Å². The Morgan fingerprint density at radius 2 is 2.00 bits per heavy atom. The van der Waals surface area contributed by atoms with Gasteiger partial charge in [-0.15, -0.1) is 0 Å². The molecule has 0 amide bonds. The maximum Gasteiger partial charge on any atom is 0.0924 e. The van der Waals surface area contributed by atoms with Gasteiger partial charge in [0.1, 0.15) is 0 Å². The van der Waals surface area contributed by atoms with Gasteiger partial charge in [-0.05, 0) is 18.9 Å². The van der Waals surface area contributed by atoms with Crippen molar-refractivity contribution in [2.75, 3.05) is 6.54 Å². The van der Waals surface area contributed by atoms with Crippen LogP contribution >= 0.6 is 0 Å². The van der Waals surface area contributed by atoms with E-state index in [-0.39, 0.29) is 5.92 Å². The molecule has 0 aliphatic rings. The van der Waals surface area contributed by atoms with Gasteiger partial charge in [-0.2, -0.15) is 5.10 Å². The second kappa shape index (κ2) is 6.20. The third kappa shape index (κ3) is 3.68. The molecule has 1 heterocycles. The molecule has 0 radical (unpaired) electrons. The Bertz CT molecular complexity index is 532. The fraction of sp³-hybridized carbons (Fsp3) is 0.438. The van der Waals surface area contributed by atoms with Gasteiger partial charge in [0.2, 0.25) is 0 Å². The summed E-state index contributed by atoms with van der Waals surface area (Å²) in [7, 11) is 0. The summed E-state index contributed by atoms with van der Waals surface area (Å²) in [5.41, 5.74) is 2.37. The van der Waals surface area contributed by atoms with Gasteiger partial charge in [0.05, 0.1) is 11.3 Å². The first-order chi connectivity index (χ1) is 9.49. The molecule has 4 heteroatoms. The van der Waals surface area contributed by atoms with Gasteiger partial charge in [-0.25, -0.2) is 0 Å². The highest BCUT2D eigenvalue weighted by molar-refractivity contribution is 5.58. The van der Waals surface area contributed by atoms with Crippen molar-refractivity contribution < 1.29 is 5.11 Å². The summed E-state index contributed by atoms with van der Waals surface area (Å²) in [6, 6.07) is 12.1.